The minimum absolute atomic E-state index is 0.127. The van der Waals surface area contributed by atoms with Crippen LogP contribution in [0, 0.1) is 0 Å². The largest absolute Gasteiger partial charge is 0.495 e. The summed E-state index contributed by atoms with van der Waals surface area (Å²) >= 11 is 0. The molecule has 1 fully saturated rings. The summed E-state index contributed by atoms with van der Waals surface area (Å²) in [7, 11) is -2.17. The molecule has 9 heteroatoms. The molecule has 0 saturated carbocycles. The summed E-state index contributed by atoms with van der Waals surface area (Å²) in [5.74, 6) is 1.06. The maximum Gasteiger partial charge on any atom is 0.255 e. The van der Waals surface area contributed by atoms with E-state index in [1.807, 2.05) is 0 Å². The average Bonchev–Trinajstić information content (AvgIpc) is 2.79. The first kappa shape index (κ1) is 20.5. The van der Waals surface area contributed by atoms with Crippen LogP contribution in [0.1, 0.15) is 29.6 Å². The van der Waals surface area contributed by atoms with Gasteiger partial charge >= 0.3 is 0 Å². The molecule has 160 valence electrons. The standard InChI is InChI=1S/C21H24N2O6S/c1-27-18-8-6-16(30(25,26)23-9-3-2-4-10-23)14-17(18)22-21(24)15-5-7-19-20(13-15)29-12-11-28-19/h5-8,13-14H,2-4,9-12H2,1H3,(H,22,24). The van der Waals surface area contributed by atoms with Crippen LogP contribution in [0.3, 0.4) is 0 Å². The van der Waals surface area contributed by atoms with E-state index in [1.165, 1.54) is 23.5 Å². The van der Waals surface area contributed by atoms with E-state index in [2.05, 4.69) is 5.32 Å². The van der Waals surface area contributed by atoms with Gasteiger partial charge in [0.1, 0.15) is 19.0 Å². The van der Waals surface area contributed by atoms with E-state index < -0.39 is 15.9 Å². The second kappa shape index (κ2) is 8.53. The number of hydrogen-bond donors (Lipinski definition) is 1. The lowest BCUT2D eigenvalue weighted by atomic mass is 10.1. The van der Waals surface area contributed by atoms with Gasteiger partial charge in [0.25, 0.3) is 5.91 Å². The minimum atomic E-state index is -3.63. The number of benzene rings is 2. The number of nitrogens with one attached hydrogen (secondary N) is 1. The highest BCUT2D eigenvalue weighted by atomic mass is 32.2. The van der Waals surface area contributed by atoms with Gasteiger partial charge in [0.15, 0.2) is 11.5 Å². The number of carbonyl (C=O) groups excluding carboxylic acids is 1. The molecule has 30 heavy (non-hydrogen) atoms. The van der Waals surface area contributed by atoms with E-state index in [-0.39, 0.29) is 10.6 Å². The van der Waals surface area contributed by atoms with Gasteiger partial charge in [0.05, 0.1) is 17.7 Å². The van der Waals surface area contributed by atoms with Gasteiger partial charge in [-0.05, 0) is 49.2 Å². The summed E-state index contributed by atoms with van der Waals surface area (Å²) in [6, 6.07) is 9.41. The lowest BCUT2D eigenvalue weighted by Crippen LogP contribution is -2.35. The molecule has 1 N–H and O–H groups in total. The van der Waals surface area contributed by atoms with Crippen molar-refractivity contribution in [3.05, 3.63) is 42.0 Å². The quantitative estimate of drug-likeness (QED) is 0.781. The summed E-state index contributed by atoms with van der Waals surface area (Å²) in [5, 5.41) is 2.76. The van der Waals surface area contributed by atoms with Crippen molar-refractivity contribution in [1.82, 2.24) is 4.31 Å². The molecule has 0 spiro atoms. The number of piperidine rings is 1. The van der Waals surface area contributed by atoms with Crippen molar-refractivity contribution in [2.75, 3.05) is 38.7 Å². The van der Waals surface area contributed by atoms with Crippen LogP contribution in [0.4, 0.5) is 5.69 Å². The molecule has 0 bridgehead atoms. The second-order valence-electron chi connectivity index (χ2n) is 7.14. The summed E-state index contributed by atoms with van der Waals surface area (Å²) in [6.07, 6.45) is 2.73. The number of anilines is 1. The van der Waals surface area contributed by atoms with Crippen molar-refractivity contribution < 1.29 is 27.4 Å². The molecule has 0 atom stereocenters. The molecule has 0 unspecified atom stereocenters. The molecule has 2 aliphatic rings. The summed E-state index contributed by atoms with van der Waals surface area (Å²) < 4.78 is 43.8. The molecular weight excluding hydrogens is 408 g/mol. The summed E-state index contributed by atoms with van der Waals surface area (Å²) in [4.78, 5) is 12.9. The zero-order valence-corrected chi connectivity index (χ0v) is 17.5. The van der Waals surface area contributed by atoms with Gasteiger partial charge < -0.3 is 19.5 Å². The number of nitrogens with zero attached hydrogens (tertiary/aromatic N) is 1. The Morgan fingerprint density at radius 3 is 2.47 bits per heavy atom. The number of methoxy groups -OCH3 is 1. The Hall–Kier alpha value is -2.78. The summed E-state index contributed by atoms with van der Waals surface area (Å²) in [6.45, 7) is 1.90. The normalized spacial score (nSPS) is 16.7. The van der Waals surface area contributed by atoms with Gasteiger partial charge in [0.2, 0.25) is 10.0 Å². The van der Waals surface area contributed by atoms with Gasteiger partial charge in [-0.15, -0.1) is 0 Å². The molecule has 4 rings (SSSR count). The van der Waals surface area contributed by atoms with Crippen molar-refractivity contribution in [3.8, 4) is 17.2 Å². The number of amides is 1. The van der Waals surface area contributed by atoms with Gasteiger partial charge in [-0.25, -0.2) is 8.42 Å². The number of carbonyl (C=O) groups is 1. The fourth-order valence-corrected chi connectivity index (χ4v) is 5.12. The molecule has 1 saturated heterocycles. The number of rotatable bonds is 5. The first-order chi connectivity index (χ1) is 14.5. The Morgan fingerprint density at radius 2 is 1.73 bits per heavy atom. The molecular formula is C21H24N2O6S. The summed E-state index contributed by atoms with van der Waals surface area (Å²) in [5.41, 5.74) is 0.654. The monoisotopic (exact) mass is 432 g/mol. The topological polar surface area (TPSA) is 94.2 Å². The van der Waals surface area contributed by atoms with Crippen LogP contribution in [0.25, 0.3) is 0 Å². The van der Waals surface area contributed by atoms with Gasteiger partial charge in [-0.2, -0.15) is 4.31 Å². The third kappa shape index (κ3) is 4.08. The second-order valence-corrected chi connectivity index (χ2v) is 9.08. The molecule has 1 amide bonds. The van der Waals surface area contributed by atoms with E-state index in [4.69, 9.17) is 14.2 Å². The lowest BCUT2D eigenvalue weighted by Gasteiger charge is -2.26. The molecule has 0 aromatic heterocycles. The van der Waals surface area contributed by atoms with Crippen LogP contribution in [-0.2, 0) is 10.0 Å². The van der Waals surface area contributed by atoms with Crippen LogP contribution in [0.2, 0.25) is 0 Å². The Labute approximate surface area is 175 Å². The van der Waals surface area contributed by atoms with Crippen LogP contribution in [-0.4, -0.2) is 52.0 Å². The van der Waals surface area contributed by atoms with E-state index >= 15 is 0 Å². The molecule has 2 aromatic carbocycles. The van der Waals surface area contributed by atoms with E-state index in [0.29, 0.717) is 49.1 Å². The highest BCUT2D eigenvalue weighted by molar-refractivity contribution is 7.89. The molecule has 8 nitrogen and oxygen atoms in total. The van der Waals surface area contributed by atoms with Crippen LogP contribution in [0.5, 0.6) is 17.2 Å². The third-order valence-electron chi connectivity index (χ3n) is 5.18. The minimum Gasteiger partial charge on any atom is -0.495 e. The SMILES string of the molecule is COc1ccc(S(=O)(=O)N2CCCCC2)cc1NC(=O)c1ccc2c(c1)OCCO2. The predicted molar refractivity (Wildman–Crippen MR) is 111 cm³/mol. The Balaban J connectivity index is 1.60. The highest BCUT2D eigenvalue weighted by Gasteiger charge is 2.27. The zero-order valence-electron chi connectivity index (χ0n) is 16.7. The number of sulfonamides is 1. The van der Waals surface area contributed by atoms with Crippen LogP contribution >= 0.6 is 0 Å². The van der Waals surface area contributed by atoms with Gasteiger partial charge in [0, 0.05) is 18.7 Å². The fourth-order valence-electron chi connectivity index (χ4n) is 3.58. The van der Waals surface area contributed by atoms with Crippen molar-refractivity contribution in [3.63, 3.8) is 0 Å². The van der Waals surface area contributed by atoms with E-state index in [9.17, 15) is 13.2 Å². The molecule has 2 heterocycles. The van der Waals surface area contributed by atoms with Crippen molar-refractivity contribution in [2.24, 2.45) is 0 Å². The van der Waals surface area contributed by atoms with Gasteiger partial charge in [-0.1, -0.05) is 6.42 Å². The average molecular weight is 432 g/mol. The Morgan fingerprint density at radius 1 is 1.00 bits per heavy atom. The molecule has 2 aromatic rings. The first-order valence-corrected chi connectivity index (χ1v) is 11.3. The maximum atomic E-state index is 13.0. The Bertz CT molecular complexity index is 1050. The van der Waals surface area contributed by atoms with Crippen LogP contribution in [0.15, 0.2) is 41.3 Å². The molecule has 2 aliphatic heterocycles. The maximum absolute atomic E-state index is 13.0. The number of fused-ring (bicyclic) bond motifs is 1. The Kier molecular flexibility index (Phi) is 5.83. The van der Waals surface area contributed by atoms with Crippen molar-refractivity contribution in [1.29, 1.82) is 0 Å². The smallest absolute Gasteiger partial charge is 0.255 e. The number of hydrogen-bond acceptors (Lipinski definition) is 6. The first-order valence-electron chi connectivity index (χ1n) is 9.88. The fraction of sp³-hybridized carbons (Fsp3) is 0.381. The van der Waals surface area contributed by atoms with E-state index in [0.717, 1.165) is 19.3 Å². The van der Waals surface area contributed by atoms with Crippen LogP contribution < -0.4 is 19.5 Å². The highest BCUT2D eigenvalue weighted by Crippen LogP contribution is 2.33. The zero-order chi connectivity index (χ0) is 21.1. The lowest BCUT2D eigenvalue weighted by molar-refractivity contribution is 0.102. The predicted octanol–water partition coefficient (Wildman–Crippen LogP) is 2.89. The third-order valence-corrected chi connectivity index (χ3v) is 7.07. The molecule has 0 aliphatic carbocycles. The van der Waals surface area contributed by atoms with Crippen molar-refractivity contribution in [2.45, 2.75) is 24.2 Å². The van der Waals surface area contributed by atoms with E-state index in [1.54, 1.807) is 24.3 Å². The van der Waals surface area contributed by atoms with Gasteiger partial charge in [-0.3, -0.25) is 4.79 Å². The number of ether oxygens (including phenoxy) is 3. The van der Waals surface area contributed by atoms with Crippen molar-refractivity contribution >= 4 is 21.6 Å². The molecule has 0 radical (unpaired) electrons.